The van der Waals surface area contributed by atoms with Crippen LogP contribution in [0.5, 0.6) is 0 Å². The van der Waals surface area contributed by atoms with Crippen LogP contribution in [0.4, 0.5) is 5.69 Å². The highest BCUT2D eigenvalue weighted by atomic mass is 15.1. The minimum absolute atomic E-state index is 0.930. The summed E-state index contributed by atoms with van der Waals surface area (Å²) in [5, 5.41) is 3.43. The predicted octanol–water partition coefficient (Wildman–Crippen LogP) is 2.43. The number of rotatable bonds is 7. The van der Waals surface area contributed by atoms with E-state index in [-0.39, 0.29) is 0 Å². The molecule has 0 bridgehead atoms. The third-order valence-electron chi connectivity index (χ3n) is 2.60. The Labute approximate surface area is 98.9 Å². The van der Waals surface area contributed by atoms with E-state index in [2.05, 4.69) is 42.2 Å². The number of anilines is 1. The summed E-state index contributed by atoms with van der Waals surface area (Å²) in [6.45, 7) is 7.46. The molecule has 0 amide bonds. The van der Waals surface area contributed by atoms with Gasteiger partial charge in [0.15, 0.2) is 0 Å². The Bertz CT molecular complexity index is 299. The van der Waals surface area contributed by atoms with Crippen molar-refractivity contribution in [2.45, 2.75) is 33.2 Å². The second-order valence-corrected chi connectivity index (χ2v) is 4.10. The standard InChI is InChI=1S/C13H23N3/c1-4-7-14-10-12-6-8-15-11-13(12)16(3)9-5-2/h6,8,11,14H,4-5,7,9-10H2,1-3H3. The maximum absolute atomic E-state index is 4.21. The zero-order valence-corrected chi connectivity index (χ0v) is 10.7. The third kappa shape index (κ3) is 3.81. The maximum Gasteiger partial charge on any atom is 0.0595 e. The summed E-state index contributed by atoms with van der Waals surface area (Å²) in [7, 11) is 2.13. The minimum Gasteiger partial charge on any atom is -0.373 e. The van der Waals surface area contributed by atoms with Crippen LogP contribution in [0.2, 0.25) is 0 Å². The fourth-order valence-corrected chi connectivity index (χ4v) is 1.76. The highest BCUT2D eigenvalue weighted by molar-refractivity contribution is 5.50. The van der Waals surface area contributed by atoms with Crippen LogP contribution in [-0.2, 0) is 6.54 Å². The van der Waals surface area contributed by atoms with E-state index in [0.717, 1.165) is 26.1 Å². The Balaban J connectivity index is 2.67. The van der Waals surface area contributed by atoms with Crippen molar-refractivity contribution in [2.75, 3.05) is 25.0 Å². The molecule has 0 aliphatic heterocycles. The van der Waals surface area contributed by atoms with Crippen molar-refractivity contribution in [1.29, 1.82) is 0 Å². The molecule has 0 aromatic carbocycles. The minimum atomic E-state index is 0.930. The van der Waals surface area contributed by atoms with Gasteiger partial charge >= 0.3 is 0 Å². The van der Waals surface area contributed by atoms with Gasteiger partial charge in [-0.15, -0.1) is 0 Å². The molecule has 1 aromatic heterocycles. The van der Waals surface area contributed by atoms with Crippen LogP contribution >= 0.6 is 0 Å². The zero-order valence-electron chi connectivity index (χ0n) is 10.7. The van der Waals surface area contributed by atoms with Crippen LogP contribution in [0.25, 0.3) is 0 Å². The van der Waals surface area contributed by atoms with E-state index >= 15 is 0 Å². The molecule has 3 heteroatoms. The summed E-state index contributed by atoms with van der Waals surface area (Å²) in [5.41, 5.74) is 2.58. The summed E-state index contributed by atoms with van der Waals surface area (Å²) in [4.78, 5) is 6.48. The van der Waals surface area contributed by atoms with Crippen molar-refractivity contribution in [3.8, 4) is 0 Å². The van der Waals surface area contributed by atoms with Gasteiger partial charge in [-0.1, -0.05) is 13.8 Å². The molecule has 1 heterocycles. The van der Waals surface area contributed by atoms with Gasteiger partial charge in [0.2, 0.25) is 0 Å². The van der Waals surface area contributed by atoms with E-state index in [0.29, 0.717) is 0 Å². The number of hydrogen-bond acceptors (Lipinski definition) is 3. The maximum atomic E-state index is 4.21. The Hall–Kier alpha value is -1.09. The van der Waals surface area contributed by atoms with Gasteiger partial charge < -0.3 is 10.2 Å². The quantitative estimate of drug-likeness (QED) is 0.717. The summed E-state index contributed by atoms with van der Waals surface area (Å²) < 4.78 is 0. The van der Waals surface area contributed by atoms with Crippen LogP contribution in [-0.4, -0.2) is 25.1 Å². The molecule has 0 aliphatic carbocycles. The first-order valence-corrected chi connectivity index (χ1v) is 6.14. The fraction of sp³-hybridized carbons (Fsp3) is 0.615. The lowest BCUT2D eigenvalue weighted by Crippen LogP contribution is -2.22. The van der Waals surface area contributed by atoms with Gasteiger partial charge in [0.1, 0.15) is 0 Å². The molecule has 0 unspecified atom stereocenters. The van der Waals surface area contributed by atoms with Gasteiger partial charge in [-0.25, -0.2) is 0 Å². The second-order valence-electron chi connectivity index (χ2n) is 4.10. The first kappa shape index (κ1) is 13.0. The SMILES string of the molecule is CCCNCc1ccncc1N(C)CCC. The van der Waals surface area contributed by atoms with Crippen molar-refractivity contribution in [3.05, 3.63) is 24.0 Å². The molecular weight excluding hydrogens is 198 g/mol. The Morgan fingerprint density at radius 2 is 2.12 bits per heavy atom. The van der Waals surface area contributed by atoms with Crippen LogP contribution in [0.1, 0.15) is 32.3 Å². The number of nitrogens with zero attached hydrogens (tertiary/aromatic N) is 2. The fourth-order valence-electron chi connectivity index (χ4n) is 1.76. The van der Waals surface area contributed by atoms with Crippen molar-refractivity contribution >= 4 is 5.69 Å². The van der Waals surface area contributed by atoms with Gasteiger partial charge in [0.05, 0.1) is 11.9 Å². The molecule has 16 heavy (non-hydrogen) atoms. The predicted molar refractivity (Wildman–Crippen MR) is 69.8 cm³/mol. The number of aromatic nitrogens is 1. The smallest absolute Gasteiger partial charge is 0.0595 e. The van der Waals surface area contributed by atoms with Gasteiger partial charge in [-0.05, 0) is 31.0 Å². The first-order chi connectivity index (χ1) is 7.79. The van der Waals surface area contributed by atoms with Gasteiger partial charge in [-0.2, -0.15) is 0 Å². The highest BCUT2D eigenvalue weighted by Gasteiger charge is 2.05. The zero-order chi connectivity index (χ0) is 11.8. The average molecular weight is 221 g/mol. The van der Waals surface area contributed by atoms with Gasteiger partial charge in [-0.3, -0.25) is 4.98 Å². The van der Waals surface area contributed by atoms with E-state index in [1.54, 1.807) is 0 Å². The number of nitrogens with one attached hydrogen (secondary N) is 1. The first-order valence-electron chi connectivity index (χ1n) is 6.14. The molecule has 0 spiro atoms. The molecule has 0 atom stereocenters. The van der Waals surface area contributed by atoms with Gasteiger partial charge in [0.25, 0.3) is 0 Å². The monoisotopic (exact) mass is 221 g/mol. The molecule has 1 aromatic rings. The largest absolute Gasteiger partial charge is 0.373 e. The normalized spacial score (nSPS) is 10.4. The Kier molecular flexibility index (Phi) is 5.86. The van der Waals surface area contributed by atoms with Crippen LogP contribution in [0.3, 0.4) is 0 Å². The number of hydrogen-bond donors (Lipinski definition) is 1. The van der Waals surface area contributed by atoms with E-state index in [1.165, 1.54) is 17.7 Å². The van der Waals surface area contributed by atoms with E-state index < -0.39 is 0 Å². The molecule has 3 nitrogen and oxygen atoms in total. The molecule has 0 radical (unpaired) electrons. The molecule has 0 saturated carbocycles. The summed E-state index contributed by atoms with van der Waals surface area (Å²) in [6, 6.07) is 2.10. The molecule has 0 aliphatic rings. The molecule has 0 fully saturated rings. The van der Waals surface area contributed by atoms with Crippen molar-refractivity contribution < 1.29 is 0 Å². The summed E-state index contributed by atoms with van der Waals surface area (Å²) >= 11 is 0. The molecule has 1 N–H and O–H groups in total. The van der Waals surface area contributed by atoms with E-state index in [1.807, 2.05) is 12.4 Å². The summed E-state index contributed by atoms with van der Waals surface area (Å²) in [5.74, 6) is 0. The second kappa shape index (κ2) is 7.23. The topological polar surface area (TPSA) is 28.2 Å². The lowest BCUT2D eigenvalue weighted by atomic mass is 10.2. The third-order valence-corrected chi connectivity index (χ3v) is 2.60. The molecular formula is C13H23N3. The lowest BCUT2D eigenvalue weighted by molar-refractivity contribution is 0.672. The molecule has 90 valence electrons. The van der Waals surface area contributed by atoms with Crippen molar-refractivity contribution in [1.82, 2.24) is 10.3 Å². The number of pyridine rings is 1. The average Bonchev–Trinajstić information content (AvgIpc) is 2.30. The summed E-state index contributed by atoms with van der Waals surface area (Å²) in [6.07, 6.45) is 6.16. The Morgan fingerprint density at radius 3 is 2.81 bits per heavy atom. The van der Waals surface area contributed by atoms with E-state index in [4.69, 9.17) is 0 Å². The van der Waals surface area contributed by atoms with Crippen LogP contribution < -0.4 is 10.2 Å². The highest BCUT2D eigenvalue weighted by Crippen LogP contribution is 2.17. The lowest BCUT2D eigenvalue weighted by Gasteiger charge is -2.21. The molecule has 0 saturated heterocycles. The van der Waals surface area contributed by atoms with E-state index in [9.17, 15) is 0 Å². The molecule has 1 rings (SSSR count). The van der Waals surface area contributed by atoms with Gasteiger partial charge in [0, 0.05) is 26.3 Å². The Morgan fingerprint density at radius 1 is 1.31 bits per heavy atom. The van der Waals surface area contributed by atoms with Crippen LogP contribution in [0, 0.1) is 0 Å². The van der Waals surface area contributed by atoms with Crippen LogP contribution in [0.15, 0.2) is 18.5 Å². The van der Waals surface area contributed by atoms with Crippen molar-refractivity contribution in [3.63, 3.8) is 0 Å². The van der Waals surface area contributed by atoms with Crippen molar-refractivity contribution in [2.24, 2.45) is 0 Å².